The topological polar surface area (TPSA) is 41.1 Å². The normalized spacial score (nSPS) is 10.8. The first-order valence-electron chi connectivity index (χ1n) is 5.79. The van der Waals surface area contributed by atoms with Crippen molar-refractivity contribution in [2.45, 2.75) is 26.8 Å². The van der Waals surface area contributed by atoms with Gasteiger partial charge in [-0.2, -0.15) is 0 Å². The summed E-state index contributed by atoms with van der Waals surface area (Å²) in [6.45, 7) is 6.08. The average Bonchev–Trinajstić information content (AvgIpc) is 2.63. The minimum atomic E-state index is 0.0494. The molecule has 3 nitrogen and oxygen atoms in total. The molecule has 2 N–H and O–H groups in total. The monoisotopic (exact) mass is 274 g/mol. The van der Waals surface area contributed by atoms with Crippen molar-refractivity contribution in [3.63, 3.8) is 0 Å². The Bertz CT molecular complexity index is 352. The Labute approximate surface area is 112 Å². The van der Waals surface area contributed by atoms with E-state index >= 15 is 0 Å². The Balaban J connectivity index is 2.08. The van der Waals surface area contributed by atoms with Gasteiger partial charge in [0.15, 0.2) is 0 Å². The molecule has 0 bridgehead atoms. The molecule has 0 aromatic carbocycles. The van der Waals surface area contributed by atoms with E-state index in [2.05, 4.69) is 24.5 Å². The molecule has 1 aromatic heterocycles. The van der Waals surface area contributed by atoms with Gasteiger partial charge in [-0.15, -0.1) is 11.3 Å². The van der Waals surface area contributed by atoms with Crippen molar-refractivity contribution in [2.24, 2.45) is 5.92 Å². The van der Waals surface area contributed by atoms with E-state index in [9.17, 15) is 4.79 Å². The van der Waals surface area contributed by atoms with E-state index in [1.54, 1.807) is 0 Å². The fourth-order valence-electron chi connectivity index (χ4n) is 1.31. The molecule has 17 heavy (non-hydrogen) atoms. The van der Waals surface area contributed by atoms with Gasteiger partial charge in [-0.1, -0.05) is 25.4 Å². The van der Waals surface area contributed by atoms with E-state index in [1.807, 2.05) is 12.1 Å². The first-order chi connectivity index (χ1) is 8.08. The van der Waals surface area contributed by atoms with Gasteiger partial charge in [0, 0.05) is 18.0 Å². The zero-order chi connectivity index (χ0) is 12.7. The third kappa shape index (κ3) is 6.66. The van der Waals surface area contributed by atoms with Crippen LogP contribution >= 0.6 is 22.9 Å². The van der Waals surface area contributed by atoms with E-state index in [4.69, 9.17) is 11.6 Å². The maximum Gasteiger partial charge on any atom is 0.233 e. The van der Waals surface area contributed by atoms with Crippen LogP contribution in [0.15, 0.2) is 12.1 Å². The van der Waals surface area contributed by atoms with Crippen LogP contribution in [0, 0.1) is 5.92 Å². The van der Waals surface area contributed by atoms with Crippen molar-refractivity contribution in [3.05, 3.63) is 21.3 Å². The molecule has 0 aliphatic rings. The Morgan fingerprint density at radius 3 is 2.82 bits per heavy atom. The SMILES string of the molecule is CC(C)CCNC(=O)CNCc1ccc(Cl)s1. The molecule has 0 saturated heterocycles. The molecule has 0 radical (unpaired) electrons. The van der Waals surface area contributed by atoms with Crippen LogP contribution in [0.25, 0.3) is 0 Å². The average molecular weight is 275 g/mol. The van der Waals surface area contributed by atoms with Crippen LogP contribution in [0.4, 0.5) is 0 Å². The number of carbonyl (C=O) groups is 1. The van der Waals surface area contributed by atoms with Gasteiger partial charge in [0.05, 0.1) is 10.9 Å². The number of halogens is 1. The van der Waals surface area contributed by atoms with Crippen molar-refractivity contribution in [1.29, 1.82) is 0 Å². The van der Waals surface area contributed by atoms with E-state index in [1.165, 1.54) is 11.3 Å². The standard InChI is InChI=1S/C12H19ClN2OS/c1-9(2)5-6-15-12(16)8-14-7-10-3-4-11(13)17-10/h3-4,9,14H,5-8H2,1-2H3,(H,15,16). The minimum absolute atomic E-state index is 0.0494. The summed E-state index contributed by atoms with van der Waals surface area (Å²) >= 11 is 7.34. The van der Waals surface area contributed by atoms with Gasteiger partial charge in [0.1, 0.15) is 0 Å². The molecule has 96 valence electrons. The summed E-state index contributed by atoms with van der Waals surface area (Å²) in [6, 6.07) is 3.84. The first-order valence-corrected chi connectivity index (χ1v) is 6.99. The van der Waals surface area contributed by atoms with Crippen LogP contribution in [-0.2, 0) is 11.3 Å². The Hall–Kier alpha value is -0.580. The van der Waals surface area contributed by atoms with E-state index in [0.717, 1.165) is 22.2 Å². The van der Waals surface area contributed by atoms with E-state index in [0.29, 0.717) is 19.0 Å². The number of hydrogen-bond acceptors (Lipinski definition) is 3. The van der Waals surface area contributed by atoms with Crippen LogP contribution in [0.5, 0.6) is 0 Å². The van der Waals surface area contributed by atoms with Crippen LogP contribution in [0.1, 0.15) is 25.1 Å². The second-order valence-electron chi connectivity index (χ2n) is 4.34. The van der Waals surface area contributed by atoms with Gasteiger partial charge in [0.2, 0.25) is 5.91 Å². The Morgan fingerprint density at radius 2 is 2.24 bits per heavy atom. The molecule has 1 heterocycles. The Kier molecular flexibility index (Phi) is 6.55. The summed E-state index contributed by atoms with van der Waals surface area (Å²) in [4.78, 5) is 12.6. The first kappa shape index (κ1) is 14.5. The van der Waals surface area contributed by atoms with E-state index < -0.39 is 0 Å². The second-order valence-corrected chi connectivity index (χ2v) is 6.14. The van der Waals surface area contributed by atoms with Gasteiger partial charge in [-0.25, -0.2) is 0 Å². The number of rotatable bonds is 7. The highest BCUT2D eigenvalue weighted by atomic mass is 35.5. The number of carbonyl (C=O) groups excluding carboxylic acids is 1. The molecule has 0 spiro atoms. The maximum absolute atomic E-state index is 11.4. The molecule has 5 heteroatoms. The van der Waals surface area contributed by atoms with Crippen molar-refractivity contribution < 1.29 is 4.79 Å². The summed E-state index contributed by atoms with van der Waals surface area (Å²) in [5, 5.41) is 5.97. The molecule has 0 aliphatic carbocycles. The van der Waals surface area contributed by atoms with Gasteiger partial charge in [-0.3, -0.25) is 4.79 Å². The van der Waals surface area contributed by atoms with Crippen molar-refractivity contribution in [1.82, 2.24) is 10.6 Å². The quantitative estimate of drug-likeness (QED) is 0.803. The van der Waals surface area contributed by atoms with Gasteiger partial charge in [-0.05, 0) is 24.5 Å². The summed E-state index contributed by atoms with van der Waals surface area (Å²) in [7, 11) is 0. The number of nitrogens with one attached hydrogen (secondary N) is 2. The largest absolute Gasteiger partial charge is 0.355 e. The zero-order valence-corrected chi connectivity index (χ0v) is 11.8. The highest BCUT2D eigenvalue weighted by Crippen LogP contribution is 2.20. The zero-order valence-electron chi connectivity index (χ0n) is 10.3. The molecule has 1 amide bonds. The molecule has 0 aliphatic heterocycles. The lowest BCUT2D eigenvalue weighted by Gasteiger charge is -2.07. The maximum atomic E-state index is 11.4. The van der Waals surface area contributed by atoms with Gasteiger partial charge >= 0.3 is 0 Å². The summed E-state index contributed by atoms with van der Waals surface area (Å²) in [5.41, 5.74) is 0. The fraction of sp³-hybridized carbons (Fsp3) is 0.583. The lowest BCUT2D eigenvalue weighted by Crippen LogP contribution is -2.34. The Morgan fingerprint density at radius 1 is 1.47 bits per heavy atom. The molecule has 1 aromatic rings. The molecular formula is C12H19ClN2OS. The van der Waals surface area contributed by atoms with Gasteiger partial charge < -0.3 is 10.6 Å². The van der Waals surface area contributed by atoms with Crippen LogP contribution in [-0.4, -0.2) is 19.0 Å². The van der Waals surface area contributed by atoms with Crippen molar-refractivity contribution >= 4 is 28.8 Å². The molecular weight excluding hydrogens is 256 g/mol. The third-order valence-corrected chi connectivity index (χ3v) is 3.49. The molecule has 0 unspecified atom stereocenters. The smallest absolute Gasteiger partial charge is 0.233 e. The van der Waals surface area contributed by atoms with Crippen molar-refractivity contribution in [2.75, 3.05) is 13.1 Å². The predicted molar refractivity (Wildman–Crippen MR) is 73.5 cm³/mol. The van der Waals surface area contributed by atoms with Crippen LogP contribution in [0.2, 0.25) is 4.34 Å². The lowest BCUT2D eigenvalue weighted by molar-refractivity contribution is -0.120. The summed E-state index contributed by atoms with van der Waals surface area (Å²) < 4.78 is 0.781. The minimum Gasteiger partial charge on any atom is -0.355 e. The second kappa shape index (κ2) is 7.69. The highest BCUT2D eigenvalue weighted by Gasteiger charge is 2.02. The van der Waals surface area contributed by atoms with Crippen molar-refractivity contribution in [3.8, 4) is 0 Å². The number of hydrogen-bond donors (Lipinski definition) is 2. The fourth-order valence-corrected chi connectivity index (χ4v) is 2.37. The van der Waals surface area contributed by atoms with Crippen LogP contribution < -0.4 is 10.6 Å². The lowest BCUT2D eigenvalue weighted by atomic mass is 10.1. The molecule has 0 fully saturated rings. The van der Waals surface area contributed by atoms with Crippen LogP contribution in [0.3, 0.4) is 0 Å². The number of amides is 1. The van der Waals surface area contributed by atoms with Gasteiger partial charge in [0.25, 0.3) is 0 Å². The third-order valence-electron chi connectivity index (χ3n) is 2.26. The summed E-state index contributed by atoms with van der Waals surface area (Å²) in [5.74, 6) is 0.671. The van der Waals surface area contributed by atoms with E-state index in [-0.39, 0.29) is 5.91 Å². The highest BCUT2D eigenvalue weighted by molar-refractivity contribution is 7.16. The molecule has 0 saturated carbocycles. The summed E-state index contributed by atoms with van der Waals surface area (Å²) in [6.07, 6.45) is 1.02. The number of thiophene rings is 1. The predicted octanol–water partition coefficient (Wildman–Crippen LogP) is 2.65. The molecule has 0 atom stereocenters. The molecule has 1 rings (SSSR count).